The molecule has 0 heterocycles. The average molecular weight is 262 g/mol. The summed E-state index contributed by atoms with van der Waals surface area (Å²) in [6.07, 6.45) is 0.856. The van der Waals surface area contributed by atoms with Crippen LogP contribution in [0.1, 0.15) is 22.8 Å². The van der Waals surface area contributed by atoms with E-state index in [2.05, 4.69) is 0 Å². The van der Waals surface area contributed by atoms with E-state index in [1.165, 1.54) is 6.07 Å². The molecule has 0 aliphatic carbocycles. The number of aryl methyl sites for hydroxylation is 1. The number of carboxylic acid groups (broad SMARTS) is 1. The van der Waals surface area contributed by atoms with Gasteiger partial charge in [-0.05, 0) is 23.6 Å². The van der Waals surface area contributed by atoms with Gasteiger partial charge in [-0.2, -0.15) is 0 Å². The van der Waals surface area contributed by atoms with Crippen molar-refractivity contribution in [3.8, 4) is 11.1 Å². The first kappa shape index (κ1) is 13.2. The highest BCUT2D eigenvalue weighted by atomic mass is 19.2. The molecule has 0 bridgehead atoms. The topological polar surface area (TPSA) is 37.3 Å². The lowest BCUT2D eigenvalue weighted by molar-refractivity contribution is 0.0690. The summed E-state index contributed by atoms with van der Waals surface area (Å²) in [6.45, 7) is 2.00. The maximum absolute atomic E-state index is 13.9. The lowest BCUT2D eigenvalue weighted by atomic mass is 10.0. The Hall–Kier alpha value is -2.23. The van der Waals surface area contributed by atoms with E-state index in [9.17, 15) is 13.6 Å². The number of hydrogen-bond donors (Lipinski definition) is 1. The summed E-state index contributed by atoms with van der Waals surface area (Å²) in [6, 6.07) is 9.40. The number of carboxylic acids is 1. The third kappa shape index (κ3) is 2.47. The van der Waals surface area contributed by atoms with Gasteiger partial charge in [0.2, 0.25) is 0 Å². The highest BCUT2D eigenvalue weighted by Gasteiger charge is 2.18. The maximum atomic E-state index is 13.9. The molecule has 0 amide bonds. The Morgan fingerprint density at radius 1 is 1.05 bits per heavy atom. The fourth-order valence-electron chi connectivity index (χ4n) is 1.86. The zero-order valence-electron chi connectivity index (χ0n) is 10.3. The summed E-state index contributed by atoms with van der Waals surface area (Å²) in [4.78, 5) is 10.7. The minimum Gasteiger partial charge on any atom is -0.478 e. The number of hydrogen-bond acceptors (Lipinski definition) is 1. The Balaban J connectivity index is 2.50. The molecule has 1 N–H and O–H groups in total. The van der Waals surface area contributed by atoms with Crippen LogP contribution in [-0.4, -0.2) is 11.1 Å². The number of rotatable bonds is 3. The van der Waals surface area contributed by atoms with Gasteiger partial charge in [0.1, 0.15) is 0 Å². The van der Waals surface area contributed by atoms with E-state index >= 15 is 0 Å². The van der Waals surface area contributed by atoms with Crippen molar-refractivity contribution in [2.24, 2.45) is 0 Å². The second-order valence-electron chi connectivity index (χ2n) is 4.14. The van der Waals surface area contributed by atoms with Crippen molar-refractivity contribution in [1.82, 2.24) is 0 Å². The molecule has 0 saturated heterocycles. The van der Waals surface area contributed by atoms with Gasteiger partial charge in [-0.3, -0.25) is 0 Å². The van der Waals surface area contributed by atoms with Crippen LogP contribution in [0.4, 0.5) is 8.78 Å². The third-order valence-electron chi connectivity index (χ3n) is 2.99. The summed E-state index contributed by atoms with van der Waals surface area (Å²) in [5.41, 5.74) is 1.01. The third-order valence-corrected chi connectivity index (χ3v) is 2.99. The van der Waals surface area contributed by atoms with Gasteiger partial charge in [0.15, 0.2) is 11.6 Å². The van der Waals surface area contributed by atoms with E-state index in [4.69, 9.17) is 5.11 Å². The monoisotopic (exact) mass is 262 g/mol. The van der Waals surface area contributed by atoms with Gasteiger partial charge < -0.3 is 5.11 Å². The highest BCUT2D eigenvalue weighted by molar-refractivity contribution is 5.88. The summed E-state index contributed by atoms with van der Waals surface area (Å²) in [5, 5.41) is 8.71. The predicted octanol–water partition coefficient (Wildman–Crippen LogP) is 3.89. The zero-order chi connectivity index (χ0) is 14.0. The van der Waals surface area contributed by atoms with Gasteiger partial charge >= 0.3 is 5.97 Å². The summed E-state index contributed by atoms with van der Waals surface area (Å²) in [7, 11) is 0. The largest absolute Gasteiger partial charge is 0.478 e. The van der Waals surface area contributed by atoms with Gasteiger partial charge in [-0.15, -0.1) is 0 Å². The molecule has 0 aromatic heterocycles. The molecule has 0 atom stereocenters. The van der Waals surface area contributed by atoms with Crippen LogP contribution in [0.2, 0.25) is 0 Å². The first-order valence-electron chi connectivity index (χ1n) is 5.85. The van der Waals surface area contributed by atoms with Gasteiger partial charge in [0, 0.05) is 5.56 Å². The lowest BCUT2D eigenvalue weighted by Crippen LogP contribution is -2.03. The van der Waals surface area contributed by atoms with Crippen LogP contribution in [0.5, 0.6) is 0 Å². The summed E-state index contributed by atoms with van der Waals surface area (Å²) < 4.78 is 27.4. The first-order valence-corrected chi connectivity index (χ1v) is 5.85. The molecule has 0 fully saturated rings. The number of carbonyl (C=O) groups is 1. The van der Waals surface area contributed by atoms with Crippen molar-refractivity contribution in [3.63, 3.8) is 0 Å². The number of benzene rings is 2. The lowest BCUT2D eigenvalue weighted by Gasteiger charge is -2.07. The Labute approximate surface area is 109 Å². The molecule has 2 aromatic rings. The molecule has 0 unspecified atom stereocenters. The predicted molar refractivity (Wildman–Crippen MR) is 68.1 cm³/mol. The second kappa shape index (κ2) is 5.18. The van der Waals surface area contributed by atoms with Gasteiger partial charge in [-0.1, -0.05) is 37.3 Å². The van der Waals surface area contributed by atoms with Crippen molar-refractivity contribution in [2.45, 2.75) is 13.3 Å². The quantitative estimate of drug-likeness (QED) is 0.911. The Morgan fingerprint density at radius 3 is 2.21 bits per heavy atom. The fraction of sp³-hybridized carbons (Fsp3) is 0.133. The summed E-state index contributed by atoms with van der Waals surface area (Å²) in [5.74, 6) is -3.95. The normalized spacial score (nSPS) is 10.5. The van der Waals surface area contributed by atoms with Crippen molar-refractivity contribution in [2.75, 3.05) is 0 Å². The van der Waals surface area contributed by atoms with Crippen LogP contribution < -0.4 is 0 Å². The molecule has 0 aliphatic heterocycles. The van der Waals surface area contributed by atoms with Crippen LogP contribution in [0.15, 0.2) is 36.4 Å². The molecule has 2 aromatic carbocycles. The van der Waals surface area contributed by atoms with Gasteiger partial charge in [0.25, 0.3) is 0 Å². The van der Waals surface area contributed by atoms with Gasteiger partial charge in [0.05, 0.1) is 5.56 Å². The first-order chi connectivity index (χ1) is 9.04. The molecular formula is C15H12F2O2. The van der Waals surface area contributed by atoms with Crippen LogP contribution in [0.25, 0.3) is 11.1 Å². The number of aromatic carboxylic acids is 1. The van der Waals surface area contributed by atoms with E-state index < -0.39 is 23.2 Å². The van der Waals surface area contributed by atoms with E-state index in [-0.39, 0.29) is 5.56 Å². The standard InChI is InChI=1S/C15H12F2O2/c1-2-9-3-5-10(6-4-9)11-7-8-12(15(18)19)14(17)13(11)16/h3-8H,2H2,1H3,(H,18,19). The number of halogens is 2. The van der Waals surface area contributed by atoms with Crippen molar-refractivity contribution in [3.05, 3.63) is 59.2 Å². The Bertz CT molecular complexity index is 619. The van der Waals surface area contributed by atoms with Crippen LogP contribution in [-0.2, 0) is 6.42 Å². The van der Waals surface area contributed by atoms with Crippen LogP contribution >= 0.6 is 0 Å². The maximum Gasteiger partial charge on any atom is 0.338 e. The van der Waals surface area contributed by atoms with E-state index in [1.807, 2.05) is 19.1 Å². The minimum atomic E-state index is -1.48. The van der Waals surface area contributed by atoms with Crippen LogP contribution in [0.3, 0.4) is 0 Å². The molecule has 0 radical (unpaired) electrons. The fourth-order valence-corrected chi connectivity index (χ4v) is 1.86. The van der Waals surface area contributed by atoms with Crippen molar-refractivity contribution >= 4 is 5.97 Å². The average Bonchev–Trinajstić information content (AvgIpc) is 2.41. The smallest absolute Gasteiger partial charge is 0.338 e. The molecular weight excluding hydrogens is 250 g/mol. The Kier molecular flexibility index (Phi) is 3.60. The van der Waals surface area contributed by atoms with E-state index in [0.29, 0.717) is 5.56 Å². The molecule has 2 rings (SSSR count). The zero-order valence-corrected chi connectivity index (χ0v) is 10.3. The van der Waals surface area contributed by atoms with Crippen LogP contribution in [0, 0.1) is 11.6 Å². The second-order valence-corrected chi connectivity index (χ2v) is 4.14. The minimum absolute atomic E-state index is 0.0603. The Morgan fingerprint density at radius 2 is 1.68 bits per heavy atom. The molecule has 98 valence electrons. The molecule has 2 nitrogen and oxygen atoms in total. The molecule has 0 saturated carbocycles. The summed E-state index contributed by atoms with van der Waals surface area (Å²) >= 11 is 0. The SMILES string of the molecule is CCc1ccc(-c2ccc(C(=O)O)c(F)c2F)cc1. The van der Waals surface area contributed by atoms with Crippen molar-refractivity contribution in [1.29, 1.82) is 0 Å². The molecule has 19 heavy (non-hydrogen) atoms. The molecule has 4 heteroatoms. The molecule has 0 spiro atoms. The van der Waals surface area contributed by atoms with Gasteiger partial charge in [-0.25, -0.2) is 13.6 Å². The van der Waals surface area contributed by atoms with Crippen molar-refractivity contribution < 1.29 is 18.7 Å². The van der Waals surface area contributed by atoms with E-state index in [1.54, 1.807) is 12.1 Å². The van der Waals surface area contributed by atoms with E-state index in [0.717, 1.165) is 18.1 Å². The molecule has 0 aliphatic rings. The highest BCUT2D eigenvalue weighted by Crippen LogP contribution is 2.26.